The minimum Gasteiger partial charge on any atom is -0.313 e. The van der Waals surface area contributed by atoms with E-state index in [0.717, 1.165) is 17.7 Å². The Labute approximate surface area is 99.8 Å². The third kappa shape index (κ3) is 5.26. The molecule has 1 rings (SSSR count). The van der Waals surface area contributed by atoms with Gasteiger partial charge in [0.25, 0.3) is 0 Å². The van der Waals surface area contributed by atoms with E-state index in [4.69, 9.17) is 0 Å². The molecule has 0 radical (unpaired) electrons. The Balaban J connectivity index is 2.08. The molecule has 0 amide bonds. The Morgan fingerprint density at radius 2 is 1.93 bits per heavy atom. The number of hydrogen-bond donors (Lipinski definition) is 1. The molecule has 0 heterocycles. The van der Waals surface area contributed by atoms with Crippen molar-refractivity contribution in [2.45, 2.75) is 64.2 Å². The molecule has 0 aromatic heterocycles. The molecule has 1 aliphatic carbocycles. The molecule has 2 heteroatoms. The lowest BCUT2D eigenvalue weighted by Gasteiger charge is -2.22. The highest BCUT2D eigenvalue weighted by atomic mass is 32.2. The first kappa shape index (κ1) is 13.4. The van der Waals surface area contributed by atoms with Crippen LogP contribution in [0.5, 0.6) is 0 Å². The summed E-state index contributed by atoms with van der Waals surface area (Å²) >= 11 is 2.17. The maximum absolute atomic E-state index is 3.59. The summed E-state index contributed by atoms with van der Waals surface area (Å²) in [6.45, 7) is 8.08. The van der Waals surface area contributed by atoms with Gasteiger partial charge in [0.05, 0.1) is 0 Å². The summed E-state index contributed by atoms with van der Waals surface area (Å²) in [7, 11) is 0. The smallest absolute Gasteiger partial charge is 0.0170 e. The van der Waals surface area contributed by atoms with E-state index in [2.05, 4.69) is 37.8 Å². The van der Waals surface area contributed by atoms with Crippen LogP contribution in [-0.4, -0.2) is 23.6 Å². The van der Waals surface area contributed by atoms with E-state index in [-0.39, 0.29) is 0 Å². The summed E-state index contributed by atoms with van der Waals surface area (Å²) in [4.78, 5) is 0. The zero-order valence-corrected chi connectivity index (χ0v) is 11.4. The van der Waals surface area contributed by atoms with E-state index in [9.17, 15) is 0 Å². The number of nitrogens with one attached hydrogen (secondary N) is 1. The average Bonchev–Trinajstić information content (AvgIpc) is 2.75. The molecular formula is C13H27NS. The lowest BCUT2D eigenvalue weighted by atomic mass is 10.1. The van der Waals surface area contributed by atoms with Gasteiger partial charge in [0.15, 0.2) is 0 Å². The van der Waals surface area contributed by atoms with Crippen LogP contribution < -0.4 is 5.32 Å². The lowest BCUT2D eigenvalue weighted by molar-refractivity contribution is 0.539. The minimum atomic E-state index is 0.663. The monoisotopic (exact) mass is 229 g/mol. The zero-order valence-electron chi connectivity index (χ0n) is 10.6. The van der Waals surface area contributed by atoms with Gasteiger partial charge in [-0.2, -0.15) is 11.8 Å². The van der Waals surface area contributed by atoms with E-state index in [1.165, 1.54) is 37.9 Å². The van der Waals surface area contributed by atoms with Gasteiger partial charge in [-0.15, -0.1) is 0 Å². The van der Waals surface area contributed by atoms with Crippen molar-refractivity contribution < 1.29 is 0 Å². The molecule has 15 heavy (non-hydrogen) atoms. The molecule has 0 bridgehead atoms. The second-order valence-corrected chi connectivity index (χ2v) is 6.34. The van der Waals surface area contributed by atoms with Gasteiger partial charge >= 0.3 is 0 Å². The van der Waals surface area contributed by atoms with E-state index in [1.807, 2.05) is 0 Å². The van der Waals surface area contributed by atoms with Crippen LogP contribution in [0.25, 0.3) is 0 Å². The molecule has 0 spiro atoms. The first-order valence-corrected chi connectivity index (χ1v) is 7.64. The fraction of sp³-hybridized carbons (Fsp3) is 1.00. The molecule has 1 nitrogen and oxygen atoms in total. The molecule has 0 aromatic rings. The van der Waals surface area contributed by atoms with E-state index in [1.54, 1.807) is 0 Å². The van der Waals surface area contributed by atoms with Crippen LogP contribution in [0.4, 0.5) is 0 Å². The zero-order chi connectivity index (χ0) is 11.1. The Kier molecular flexibility index (Phi) is 6.74. The lowest BCUT2D eigenvalue weighted by Crippen LogP contribution is -2.34. The largest absolute Gasteiger partial charge is 0.313 e. The van der Waals surface area contributed by atoms with Crippen molar-refractivity contribution in [2.24, 2.45) is 5.92 Å². The quantitative estimate of drug-likeness (QED) is 0.714. The SMILES string of the molecule is CCCNC(C)C(C)SCC1CCCC1. The van der Waals surface area contributed by atoms with Crippen LogP contribution in [0.2, 0.25) is 0 Å². The van der Waals surface area contributed by atoms with Crippen LogP contribution in [0, 0.1) is 5.92 Å². The highest BCUT2D eigenvalue weighted by Gasteiger charge is 2.18. The molecule has 1 saturated carbocycles. The Morgan fingerprint density at radius 1 is 1.27 bits per heavy atom. The van der Waals surface area contributed by atoms with Gasteiger partial charge < -0.3 is 5.32 Å². The first-order chi connectivity index (χ1) is 7.24. The predicted molar refractivity (Wildman–Crippen MR) is 71.6 cm³/mol. The predicted octanol–water partition coefficient (Wildman–Crippen LogP) is 3.69. The second-order valence-electron chi connectivity index (χ2n) is 4.93. The molecule has 1 fully saturated rings. The van der Waals surface area contributed by atoms with Crippen molar-refractivity contribution >= 4 is 11.8 Å². The van der Waals surface area contributed by atoms with Crippen LogP contribution in [0.15, 0.2) is 0 Å². The Bertz CT molecular complexity index is 155. The molecule has 1 aliphatic rings. The highest BCUT2D eigenvalue weighted by molar-refractivity contribution is 7.99. The summed E-state index contributed by atoms with van der Waals surface area (Å²) in [5.41, 5.74) is 0. The van der Waals surface area contributed by atoms with Gasteiger partial charge in [-0.05, 0) is 44.4 Å². The number of thioether (sulfide) groups is 1. The summed E-state index contributed by atoms with van der Waals surface area (Å²) in [5, 5.41) is 4.35. The fourth-order valence-electron chi connectivity index (χ4n) is 2.15. The van der Waals surface area contributed by atoms with Gasteiger partial charge in [-0.25, -0.2) is 0 Å². The molecule has 2 unspecified atom stereocenters. The standard InChI is InChI=1S/C13H27NS/c1-4-9-14-11(2)12(3)15-10-13-7-5-6-8-13/h11-14H,4-10H2,1-3H3. The summed E-state index contributed by atoms with van der Waals surface area (Å²) in [5.74, 6) is 2.41. The Morgan fingerprint density at radius 3 is 2.53 bits per heavy atom. The Hall–Kier alpha value is 0.310. The van der Waals surface area contributed by atoms with Crippen molar-refractivity contribution in [1.29, 1.82) is 0 Å². The van der Waals surface area contributed by atoms with Crippen molar-refractivity contribution in [3.8, 4) is 0 Å². The van der Waals surface area contributed by atoms with Crippen molar-refractivity contribution in [1.82, 2.24) is 5.32 Å². The van der Waals surface area contributed by atoms with E-state index < -0.39 is 0 Å². The normalized spacial score (nSPS) is 21.8. The number of hydrogen-bond acceptors (Lipinski definition) is 2. The fourth-order valence-corrected chi connectivity index (χ4v) is 3.44. The highest BCUT2D eigenvalue weighted by Crippen LogP contribution is 2.29. The number of rotatable bonds is 7. The van der Waals surface area contributed by atoms with E-state index >= 15 is 0 Å². The molecule has 2 atom stereocenters. The molecule has 0 aromatic carbocycles. The van der Waals surface area contributed by atoms with Gasteiger partial charge in [0.1, 0.15) is 0 Å². The summed E-state index contributed by atoms with van der Waals surface area (Å²) in [6, 6.07) is 0.663. The summed E-state index contributed by atoms with van der Waals surface area (Å²) in [6.07, 6.45) is 7.16. The van der Waals surface area contributed by atoms with Crippen molar-refractivity contribution in [2.75, 3.05) is 12.3 Å². The van der Waals surface area contributed by atoms with Crippen molar-refractivity contribution in [3.05, 3.63) is 0 Å². The van der Waals surface area contributed by atoms with E-state index in [0.29, 0.717) is 6.04 Å². The minimum absolute atomic E-state index is 0.663. The van der Waals surface area contributed by atoms with Crippen LogP contribution in [0.3, 0.4) is 0 Å². The summed E-state index contributed by atoms with van der Waals surface area (Å²) < 4.78 is 0. The van der Waals surface area contributed by atoms with Crippen LogP contribution in [-0.2, 0) is 0 Å². The molecule has 90 valence electrons. The molecule has 0 aliphatic heterocycles. The van der Waals surface area contributed by atoms with Crippen molar-refractivity contribution in [3.63, 3.8) is 0 Å². The topological polar surface area (TPSA) is 12.0 Å². The third-order valence-corrected chi connectivity index (χ3v) is 5.09. The molecule has 1 N–H and O–H groups in total. The average molecular weight is 229 g/mol. The maximum atomic E-state index is 3.59. The van der Waals surface area contributed by atoms with Gasteiger partial charge in [-0.3, -0.25) is 0 Å². The van der Waals surface area contributed by atoms with Crippen LogP contribution >= 0.6 is 11.8 Å². The first-order valence-electron chi connectivity index (χ1n) is 6.59. The third-order valence-electron chi connectivity index (χ3n) is 3.49. The van der Waals surface area contributed by atoms with Gasteiger partial charge in [0, 0.05) is 11.3 Å². The molecule has 0 saturated heterocycles. The maximum Gasteiger partial charge on any atom is 0.0170 e. The van der Waals surface area contributed by atoms with Gasteiger partial charge in [0.2, 0.25) is 0 Å². The van der Waals surface area contributed by atoms with Crippen LogP contribution in [0.1, 0.15) is 52.9 Å². The van der Waals surface area contributed by atoms with Gasteiger partial charge in [-0.1, -0.05) is 26.7 Å². The molecular weight excluding hydrogens is 202 g/mol. The second kappa shape index (κ2) is 7.56.